The van der Waals surface area contributed by atoms with Gasteiger partial charge < -0.3 is 10.6 Å². The number of hydrogen-bond acceptors (Lipinski definition) is 5. The third kappa shape index (κ3) is 3.56. The predicted octanol–water partition coefficient (Wildman–Crippen LogP) is 1.38. The lowest BCUT2D eigenvalue weighted by Crippen LogP contribution is -2.28. The van der Waals surface area contributed by atoms with Crippen molar-refractivity contribution in [1.29, 1.82) is 0 Å². The fourth-order valence-corrected chi connectivity index (χ4v) is 3.72. The Morgan fingerprint density at radius 1 is 1.32 bits per heavy atom. The van der Waals surface area contributed by atoms with E-state index in [2.05, 4.69) is 32.8 Å². The minimum atomic E-state index is 0.110. The van der Waals surface area contributed by atoms with E-state index in [1.807, 2.05) is 4.68 Å². The Bertz CT molecular complexity index is 777. The van der Waals surface area contributed by atoms with E-state index in [0.29, 0.717) is 31.3 Å². The lowest BCUT2D eigenvalue weighted by Gasteiger charge is -2.09. The van der Waals surface area contributed by atoms with Crippen molar-refractivity contribution in [2.24, 2.45) is 5.92 Å². The molecule has 1 saturated heterocycles. The Hall–Kier alpha value is -2.28. The highest BCUT2D eigenvalue weighted by Crippen LogP contribution is 2.26. The maximum atomic E-state index is 12.1. The number of nitrogens with one attached hydrogen (secondary N) is 2. The first-order valence-electron chi connectivity index (χ1n) is 9.13. The topological polar surface area (TPSA) is 84.7 Å². The Labute approximate surface area is 146 Å². The Morgan fingerprint density at radius 3 is 3.04 bits per heavy atom. The van der Waals surface area contributed by atoms with Gasteiger partial charge in [0.05, 0.1) is 12.2 Å². The summed E-state index contributed by atoms with van der Waals surface area (Å²) in [4.78, 5) is 21.0. The molecule has 7 nitrogen and oxygen atoms in total. The first-order valence-corrected chi connectivity index (χ1v) is 9.13. The summed E-state index contributed by atoms with van der Waals surface area (Å²) in [6.07, 6.45) is 11.6. The number of fused-ring (bicyclic) bond motifs is 1. The number of carbonyl (C=O) groups is 1. The van der Waals surface area contributed by atoms with Crippen LogP contribution in [0, 0.1) is 5.92 Å². The van der Waals surface area contributed by atoms with Crippen LogP contribution in [0.15, 0.2) is 24.5 Å². The Balaban J connectivity index is 1.41. The fraction of sp³-hybridized carbons (Fsp3) is 0.556. The number of carbonyl (C=O) groups excluding carboxylic acids is 1. The van der Waals surface area contributed by atoms with Crippen LogP contribution in [0.1, 0.15) is 37.3 Å². The van der Waals surface area contributed by atoms with Gasteiger partial charge in [-0.2, -0.15) is 5.10 Å². The highest BCUT2D eigenvalue weighted by Gasteiger charge is 2.24. The van der Waals surface area contributed by atoms with Gasteiger partial charge in [-0.1, -0.05) is 12.2 Å². The van der Waals surface area contributed by atoms with E-state index < -0.39 is 0 Å². The van der Waals surface area contributed by atoms with E-state index in [1.54, 1.807) is 12.4 Å². The summed E-state index contributed by atoms with van der Waals surface area (Å²) in [7, 11) is 0. The predicted molar refractivity (Wildman–Crippen MR) is 95.0 cm³/mol. The van der Waals surface area contributed by atoms with Crippen molar-refractivity contribution >= 4 is 17.1 Å². The molecule has 2 atom stereocenters. The van der Waals surface area contributed by atoms with Gasteiger partial charge in [0.2, 0.25) is 5.91 Å². The molecule has 2 N–H and O–H groups in total. The average molecular weight is 340 g/mol. The van der Waals surface area contributed by atoms with Crippen LogP contribution in [0.4, 0.5) is 0 Å². The summed E-state index contributed by atoms with van der Waals surface area (Å²) < 4.78 is 1.88. The second-order valence-corrected chi connectivity index (χ2v) is 6.85. The molecule has 4 rings (SSSR count). The van der Waals surface area contributed by atoms with E-state index in [9.17, 15) is 4.79 Å². The van der Waals surface area contributed by atoms with Gasteiger partial charge in [-0.25, -0.2) is 14.6 Å². The molecule has 132 valence electrons. The fourth-order valence-electron chi connectivity index (χ4n) is 3.72. The van der Waals surface area contributed by atoms with Crippen molar-refractivity contribution in [2.45, 2.75) is 38.1 Å². The van der Waals surface area contributed by atoms with Crippen molar-refractivity contribution in [1.82, 2.24) is 30.4 Å². The second-order valence-electron chi connectivity index (χ2n) is 6.85. The van der Waals surface area contributed by atoms with Gasteiger partial charge in [0.1, 0.15) is 5.52 Å². The number of amides is 1. The molecule has 2 aliphatic rings. The van der Waals surface area contributed by atoms with Crippen LogP contribution in [0.25, 0.3) is 11.2 Å². The molecule has 0 unspecified atom stereocenters. The van der Waals surface area contributed by atoms with E-state index in [1.165, 1.54) is 0 Å². The molecular formula is C18H24N6O. The Kier molecular flexibility index (Phi) is 4.74. The molecule has 3 heterocycles. The lowest BCUT2D eigenvalue weighted by molar-refractivity contribution is -0.121. The molecule has 7 heteroatoms. The largest absolute Gasteiger partial charge is 0.354 e. The quantitative estimate of drug-likeness (QED) is 0.776. The van der Waals surface area contributed by atoms with E-state index >= 15 is 0 Å². The summed E-state index contributed by atoms with van der Waals surface area (Å²) in [5, 5.41) is 11.1. The van der Waals surface area contributed by atoms with Crippen LogP contribution in [-0.4, -0.2) is 45.3 Å². The molecule has 0 aromatic carbocycles. The van der Waals surface area contributed by atoms with Gasteiger partial charge in [0, 0.05) is 37.8 Å². The smallest absolute Gasteiger partial charge is 0.220 e. The standard InChI is InChI=1S/C18H24N6O/c25-15(11-13-3-1-2-4-13)20-9-10-24-18-17(21-7-8-22-18)16(23-24)14-5-6-19-12-14/h1,3,7-8,13-14,19H,2,4-6,9-12H2,(H,20,25)/t13-,14+/m1/s1. The van der Waals surface area contributed by atoms with Crippen molar-refractivity contribution < 1.29 is 4.79 Å². The van der Waals surface area contributed by atoms with Crippen LogP contribution in [-0.2, 0) is 11.3 Å². The maximum absolute atomic E-state index is 12.1. The third-order valence-corrected chi connectivity index (χ3v) is 5.05. The normalized spacial score (nSPS) is 22.7. The van der Waals surface area contributed by atoms with Crippen LogP contribution in [0.5, 0.6) is 0 Å². The summed E-state index contributed by atoms with van der Waals surface area (Å²) in [5.74, 6) is 0.904. The number of allylic oxidation sites excluding steroid dienone is 2. The zero-order valence-electron chi connectivity index (χ0n) is 14.3. The Morgan fingerprint density at radius 2 is 2.24 bits per heavy atom. The molecule has 1 aliphatic carbocycles. The zero-order valence-corrected chi connectivity index (χ0v) is 14.3. The number of rotatable bonds is 6. The van der Waals surface area contributed by atoms with Crippen LogP contribution in [0.3, 0.4) is 0 Å². The highest BCUT2D eigenvalue weighted by atomic mass is 16.1. The molecule has 2 aromatic heterocycles. The van der Waals surface area contributed by atoms with E-state index in [-0.39, 0.29) is 5.91 Å². The van der Waals surface area contributed by atoms with Gasteiger partial charge in [0.25, 0.3) is 0 Å². The zero-order chi connectivity index (χ0) is 17.1. The van der Waals surface area contributed by atoms with Gasteiger partial charge in [0.15, 0.2) is 5.65 Å². The van der Waals surface area contributed by atoms with Crippen LogP contribution < -0.4 is 10.6 Å². The number of nitrogens with zero attached hydrogens (tertiary/aromatic N) is 4. The first kappa shape index (κ1) is 16.2. The third-order valence-electron chi connectivity index (χ3n) is 5.05. The van der Waals surface area contributed by atoms with E-state index in [4.69, 9.17) is 5.10 Å². The number of aromatic nitrogens is 4. The summed E-state index contributed by atoms with van der Waals surface area (Å²) in [6.45, 7) is 3.13. The molecule has 0 radical (unpaired) electrons. The van der Waals surface area contributed by atoms with Crippen molar-refractivity contribution in [3.8, 4) is 0 Å². The SMILES string of the molecule is O=C(C[C@@H]1C=CCC1)NCCn1nc([C@H]2CCNC2)c2nccnc21. The molecule has 0 saturated carbocycles. The van der Waals surface area contributed by atoms with Crippen LogP contribution >= 0.6 is 0 Å². The lowest BCUT2D eigenvalue weighted by atomic mass is 10.0. The maximum Gasteiger partial charge on any atom is 0.220 e. The summed E-state index contributed by atoms with van der Waals surface area (Å²) in [6, 6.07) is 0. The minimum absolute atomic E-state index is 0.110. The van der Waals surface area contributed by atoms with E-state index in [0.717, 1.165) is 49.2 Å². The molecular weight excluding hydrogens is 316 g/mol. The van der Waals surface area contributed by atoms with Gasteiger partial charge >= 0.3 is 0 Å². The summed E-state index contributed by atoms with van der Waals surface area (Å²) >= 11 is 0. The van der Waals surface area contributed by atoms with Gasteiger partial charge in [-0.15, -0.1) is 0 Å². The van der Waals surface area contributed by atoms with Crippen molar-refractivity contribution in [2.75, 3.05) is 19.6 Å². The molecule has 1 fully saturated rings. The second kappa shape index (κ2) is 7.31. The highest BCUT2D eigenvalue weighted by molar-refractivity contribution is 5.76. The molecule has 0 bridgehead atoms. The average Bonchev–Trinajstić information content (AvgIpc) is 3.36. The molecule has 0 spiro atoms. The van der Waals surface area contributed by atoms with Crippen molar-refractivity contribution in [3.05, 3.63) is 30.2 Å². The molecule has 1 amide bonds. The minimum Gasteiger partial charge on any atom is -0.354 e. The molecule has 25 heavy (non-hydrogen) atoms. The molecule has 2 aromatic rings. The van der Waals surface area contributed by atoms with Crippen molar-refractivity contribution in [3.63, 3.8) is 0 Å². The van der Waals surface area contributed by atoms with Gasteiger partial charge in [-0.05, 0) is 31.7 Å². The number of hydrogen-bond donors (Lipinski definition) is 2. The van der Waals surface area contributed by atoms with Gasteiger partial charge in [-0.3, -0.25) is 4.79 Å². The summed E-state index contributed by atoms with van der Waals surface area (Å²) in [5.41, 5.74) is 2.71. The first-order chi connectivity index (χ1) is 12.3. The van der Waals surface area contributed by atoms with Crippen LogP contribution in [0.2, 0.25) is 0 Å². The molecule has 1 aliphatic heterocycles. The monoisotopic (exact) mass is 340 g/mol.